The van der Waals surface area contributed by atoms with Crippen LogP contribution in [0.1, 0.15) is 30.9 Å². The number of hydrogen-bond acceptors (Lipinski definition) is 6. The predicted octanol–water partition coefficient (Wildman–Crippen LogP) is 4.52. The number of nitrogens with one attached hydrogen (secondary N) is 1. The third-order valence-corrected chi connectivity index (χ3v) is 5.42. The number of ether oxygens (including phenoxy) is 2. The van der Waals surface area contributed by atoms with Gasteiger partial charge in [0.15, 0.2) is 11.5 Å². The fourth-order valence-electron chi connectivity index (χ4n) is 2.99. The first-order valence-corrected chi connectivity index (χ1v) is 10.7. The molecule has 2 aromatic rings. The molecule has 1 N–H and O–H groups in total. The van der Waals surface area contributed by atoms with Crippen molar-refractivity contribution in [2.45, 2.75) is 26.3 Å². The lowest BCUT2D eigenvalue weighted by Gasteiger charge is -2.23. The van der Waals surface area contributed by atoms with Gasteiger partial charge in [-0.25, -0.2) is 5.01 Å². The van der Waals surface area contributed by atoms with Crippen LogP contribution in [0.4, 0.5) is 10.5 Å². The average molecular weight is 428 g/mol. The van der Waals surface area contributed by atoms with E-state index in [1.54, 1.807) is 14.2 Å². The third kappa shape index (κ3) is 5.33. The molecule has 0 atom stereocenters. The smallest absolute Gasteiger partial charge is 0.302 e. The zero-order chi connectivity index (χ0) is 21.5. The second-order valence-corrected chi connectivity index (χ2v) is 7.65. The first-order chi connectivity index (χ1) is 14.5. The minimum Gasteiger partial charge on any atom is -0.493 e. The number of methoxy groups -OCH3 is 2. The molecule has 7 nitrogen and oxygen atoms in total. The predicted molar refractivity (Wildman–Crippen MR) is 119 cm³/mol. The Morgan fingerprint density at radius 2 is 1.87 bits per heavy atom. The highest BCUT2D eigenvalue weighted by Gasteiger charge is 2.23. The molecule has 2 amide bonds. The van der Waals surface area contributed by atoms with Gasteiger partial charge in [-0.15, -0.1) is 0 Å². The number of nitrogens with zero attached hydrogens (tertiary/aromatic N) is 2. The number of thioether (sulfide) groups is 1. The average Bonchev–Trinajstić information content (AvgIpc) is 2.76. The molecular weight excluding hydrogens is 402 g/mol. The summed E-state index contributed by atoms with van der Waals surface area (Å²) >= 11 is 1.22. The van der Waals surface area contributed by atoms with Crippen LogP contribution in [-0.4, -0.2) is 41.8 Å². The van der Waals surface area contributed by atoms with Gasteiger partial charge in [-0.05, 0) is 42.3 Å². The Hall–Kier alpha value is -3.00. The van der Waals surface area contributed by atoms with Crippen LogP contribution in [0.2, 0.25) is 0 Å². The molecule has 30 heavy (non-hydrogen) atoms. The molecule has 8 heteroatoms. The van der Waals surface area contributed by atoms with Gasteiger partial charge in [0.2, 0.25) is 5.91 Å². The zero-order valence-electron chi connectivity index (χ0n) is 17.3. The Labute approximate surface area is 180 Å². The summed E-state index contributed by atoms with van der Waals surface area (Å²) in [6, 6.07) is 13.0. The Morgan fingerprint density at radius 1 is 1.13 bits per heavy atom. The minimum absolute atomic E-state index is 0.00276. The molecular formula is C22H25N3O4S. The standard InChI is InChI=1S/C22H25N3O4S/c1-4-5-21(26)23-17-9-6-15(7-10-17)13-25-22(27)30-14-18(24-25)16-8-11-19(28-2)20(12-16)29-3/h6-12H,4-5,13-14H2,1-3H3,(H,23,26). The molecule has 0 bridgehead atoms. The maximum atomic E-state index is 12.4. The summed E-state index contributed by atoms with van der Waals surface area (Å²) in [6.07, 6.45) is 1.30. The van der Waals surface area contributed by atoms with E-state index in [2.05, 4.69) is 10.4 Å². The second-order valence-electron chi connectivity index (χ2n) is 6.72. The molecule has 0 aromatic heterocycles. The maximum Gasteiger partial charge on any atom is 0.302 e. The summed E-state index contributed by atoms with van der Waals surface area (Å²) in [7, 11) is 3.18. The van der Waals surface area contributed by atoms with E-state index in [1.165, 1.54) is 16.8 Å². The van der Waals surface area contributed by atoms with Gasteiger partial charge < -0.3 is 14.8 Å². The first kappa shape index (κ1) is 21.7. The lowest BCUT2D eigenvalue weighted by atomic mass is 10.1. The zero-order valence-corrected chi connectivity index (χ0v) is 18.1. The van der Waals surface area contributed by atoms with Gasteiger partial charge in [0.1, 0.15) is 0 Å². The van der Waals surface area contributed by atoms with Crippen molar-refractivity contribution in [1.29, 1.82) is 0 Å². The van der Waals surface area contributed by atoms with Crippen molar-refractivity contribution in [3.05, 3.63) is 53.6 Å². The van der Waals surface area contributed by atoms with E-state index in [0.717, 1.165) is 28.9 Å². The molecule has 0 saturated heterocycles. The topological polar surface area (TPSA) is 80.2 Å². The molecule has 0 spiro atoms. The van der Waals surface area contributed by atoms with Crippen LogP contribution in [0.15, 0.2) is 47.6 Å². The SMILES string of the molecule is CCCC(=O)Nc1ccc(CN2N=C(c3ccc(OC)c(OC)c3)CSC2=O)cc1. The molecule has 2 aromatic carbocycles. The summed E-state index contributed by atoms with van der Waals surface area (Å²) in [5.74, 6) is 1.75. The van der Waals surface area contributed by atoms with E-state index in [0.29, 0.717) is 30.2 Å². The molecule has 0 aliphatic carbocycles. The van der Waals surface area contributed by atoms with Crippen LogP contribution in [0, 0.1) is 0 Å². The van der Waals surface area contributed by atoms with Crippen molar-refractivity contribution in [2.75, 3.05) is 25.3 Å². The van der Waals surface area contributed by atoms with E-state index in [1.807, 2.05) is 49.4 Å². The maximum absolute atomic E-state index is 12.4. The number of carbonyl (C=O) groups is 2. The third-order valence-electron chi connectivity index (χ3n) is 4.55. The molecule has 1 heterocycles. The Bertz CT molecular complexity index is 944. The highest BCUT2D eigenvalue weighted by molar-refractivity contribution is 8.14. The number of hydrogen-bond donors (Lipinski definition) is 1. The monoisotopic (exact) mass is 427 g/mol. The van der Waals surface area contributed by atoms with Crippen LogP contribution in [0.5, 0.6) is 11.5 Å². The van der Waals surface area contributed by atoms with E-state index < -0.39 is 0 Å². The van der Waals surface area contributed by atoms with E-state index in [4.69, 9.17) is 9.47 Å². The van der Waals surface area contributed by atoms with Crippen molar-refractivity contribution in [3.63, 3.8) is 0 Å². The molecule has 0 fully saturated rings. The van der Waals surface area contributed by atoms with Crippen molar-refractivity contribution in [1.82, 2.24) is 5.01 Å². The van der Waals surface area contributed by atoms with Crippen LogP contribution in [-0.2, 0) is 11.3 Å². The number of hydrazone groups is 1. The Balaban J connectivity index is 1.74. The van der Waals surface area contributed by atoms with E-state index in [9.17, 15) is 9.59 Å². The summed E-state index contributed by atoms with van der Waals surface area (Å²) in [5, 5.41) is 8.79. The highest BCUT2D eigenvalue weighted by Crippen LogP contribution is 2.30. The van der Waals surface area contributed by atoms with Gasteiger partial charge >= 0.3 is 5.24 Å². The largest absolute Gasteiger partial charge is 0.493 e. The summed E-state index contributed by atoms with van der Waals surface area (Å²) in [6.45, 7) is 2.32. The van der Waals surface area contributed by atoms with Crippen LogP contribution in [0.3, 0.4) is 0 Å². The minimum atomic E-state index is -0.0976. The summed E-state index contributed by atoms with van der Waals surface area (Å²) < 4.78 is 10.6. The first-order valence-electron chi connectivity index (χ1n) is 9.67. The van der Waals surface area contributed by atoms with Crippen molar-refractivity contribution in [2.24, 2.45) is 5.10 Å². The molecule has 1 aliphatic rings. The van der Waals surface area contributed by atoms with Crippen molar-refractivity contribution < 1.29 is 19.1 Å². The normalized spacial score (nSPS) is 13.6. The van der Waals surface area contributed by atoms with E-state index >= 15 is 0 Å². The molecule has 1 aliphatic heterocycles. The lowest BCUT2D eigenvalue weighted by Crippen LogP contribution is -2.29. The fraction of sp³-hybridized carbons (Fsp3) is 0.318. The number of benzene rings is 2. The Kier molecular flexibility index (Phi) is 7.35. The molecule has 158 valence electrons. The summed E-state index contributed by atoms with van der Waals surface area (Å²) in [5.41, 5.74) is 3.34. The highest BCUT2D eigenvalue weighted by atomic mass is 32.2. The molecule has 0 unspecified atom stereocenters. The molecule has 0 saturated carbocycles. The second kappa shape index (κ2) is 10.2. The van der Waals surface area contributed by atoms with E-state index in [-0.39, 0.29) is 11.1 Å². The molecule has 0 radical (unpaired) electrons. The van der Waals surface area contributed by atoms with Gasteiger partial charge in [-0.2, -0.15) is 5.10 Å². The number of anilines is 1. The van der Waals surface area contributed by atoms with Gasteiger partial charge in [0, 0.05) is 23.4 Å². The van der Waals surface area contributed by atoms with Crippen molar-refractivity contribution in [3.8, 4) is 11.5 Å². The quantitative estimate of drug-likeness (QED) is 0.670. The summed E-state index contributed by atoms with van der Waals surface area (Å²) in [4.78, 5) is 24.1. The fourth-order valence-corrected chi connectivity index (χ4v) is 3.73. The lowest BCUT2D eigenvalue weighted by molar-refractivity contribution is -0.116. The van der Waals surface area contributed by atoms with Gasteiger partial charge in [0.05, 0.1) is 26.5 Å². The van der Waals surface area contributed by atoms with Gasteiger partial charge in [-0.3, -0.25) is 9.59 Å². The molecule has 3 rings (SSSR count). The number of amides is 2. The Morgan fingerprint density at radius 3 is 2.53 bits per heavy atom. The van der Waals surface area contributed by atoms with Crippen LogP contribution >= 0.6 is 11.8 Å². The van der Waals surface area contributed by atoms with Gasteiger partial charge in [-0.1, -0.05) is 30.8 Å². The van der Waals surface area contributed by atoms with Gasteiger partial charge in [0.25, 0.3) is 0 Å². The van der Waals surface area contributed by atoms with Crippen molar-refractivity contribution >= 4 is 34.3 Å². The number of rotatable bonds is 8. The van der Waals surface area contributed by atoms with Crippen LogP contribution in [0.25, 0.3) is 0 Å². The van der Waals surface area contributed by atoms with Crippen LogP contribution < -0.4 is 14.8 Å². The number of carbonyl (C=O) groups excluding carboxylic acids is 2.